The van der Waals surface area contributed by atoms with E-state index in [1.165, 1.54) is 30.4 Å². The Morgan fingerprint density at radius 3 is 2.33 bits per heavy atom. The van der Waals surface area contributed by atoms with E-state index in [-0.39, 0.29) is 5.56 Å². The Kier molecular flexibility index (Phi) is 4.42. The highest BCUT2D eigenvalue weighted by Gasteiger charge is 2.42. The zero-order valence-electron chi connectivity index (χ0n) is 15.9. The van der Waals surface area contributed by atoms with E-state index in [0.717, 1.165) is 28.2 Å². The van der Waals surface area contributed by atoms with Crippen LogP contribution in [0.2, 0.25) is 0 Å². The Labute approximate surface area is 159 Å². The molecule has 0 aromatic heterocycles. The third-order valence-electron chi connectivity index (χ3n) is 5.96. The molecule has 2 aliphatic carbocycles. The van der Waals surface area contributed by atoms with Crippen molar-refractivity contribution in [2.75, 3.05) is 14.2 Å². The molecule has 0 aliphatic heterocycles. The predicted octanol–water partition coefficient (Wildman–Crippen LogP) is 5.33. The lowest BCUT2D eigenvalue weighted by Crippen LogP contribution is -2.06. The summed E-state index contributed by atoms with van der Waals surface area (Å²) in [6.45, 7) is 2.06. The lowest BCUT2D eigenvalue weighted by molar-refractivity contribution is 0.0697. The summed E-state index contributed by atoms with van der Waals surface area (Å²) in [5.41, 5.74) is 6.03. The van der Waals surface area contributed by atoms with Crippen molar-refractivity contribution in [3.8, 4) is 11.5 Å². The third kappa shape index (κ3) is 2.89. The van der Waals surface area contributed by atoms with Crippen LogP contribution in [-0.2, 0) is 0 Å². The molecule has 0 saturated heterocycles. The van der Waals surface area contributed by atoms with Crippen molar-refractivity contribution in [1.82, 2.24) is 0 Å². The van der Waals surface area contributed by atoms with Crippen LogP contribution in [0, 0.1) is 0 Å². The van der Waals surface area contributed by atoms with Crippen molar-refractivity contribution in [3.63, 3.8) is 0 Å². The summed E-state index contributed by atoms with van der Waals surface area (Å²) in [6.07, 6.45) is 5.72. The first-order chi connectivity index (χ1) is 13.0. The number of fused-ring (bicyclic) bond motifs is 5. The Morgan fingerprint density at radius 1 is 1.07 bits per heavy atom. The molecule has 4 nitrogen and oxygen atoms in total. The largest absolute Gasteiger partial charge is 0.496 e. The number of carbonyl (C=O) groups is 1. The minimum absolute atomic E-state index is 0.289. The normalized spacial score (nSPS) is 20.5. The van der Waals surface area contributed by atoms with Crippen LogP contribution in [0.1, 0.15) is 70.6 Å². The predicted molar refractivity (Wildman–Crippen MR) is 106 cm³/mol. The van der Waals surface area contributed by atoms with E-state index in [1.54, 1.807) is 26.4 Å². The van der Waals surface area contributed by atoms with Gasteiger partial charge < -0.3 is 14.6 Å². The number of hydrogen-bond donors (Lipinski definition) is 1. The highest BCUT2D eigenvalue weighted by atomic mass is 16.5. The molecule has 1 fully saturated rings. The van der Waals surface area contributed by atoms with Crippen LogP contribution < -0.4 is 9.47 Å². The molecule has 4 heteroatoms. The molecule has 0 amide bonds. The molecule has 2 unspecified atom stereocenters. The van der Waals surface area contributed by atoms with Crippen molar-refractivity contribution >= 4 is 17.6 Å². The minimum Gasteiger partial charge on any atom is -0.496 e. The molecule has 27 heavy (non-hydrogen) atoms. The van der Waals surface area contributed by atoms with Crippen LogP contribution in [0.5, 0.6) is 11.5 Å². The molecular formula is C23H24O4. The lowest BCUT2D eigenvalue weighted by atomic mass is 9.87. The van der Waals surface area contributed by atoms with Gasteiger partial charge in [0.2, 0.25) is 0 Å². The standard InChI is InChI=1S/C23H24O4/c1-13(10-14-4-6-15(7-5-14)23(24)25)18-12-19(26-2)20-16-8-9-17(11-16)21(20)22(18)27-3/h4-7,10,12,16-17H,8-9,11H2,1-3H3,(H,24,25)/b13-10-. The molecule has 0 radical (unpaired) electrons. The van der Waals surface area contributed by atoms with E-state index >= 15 is 0 Å². The second-order valence-electron chi connectivity index (χ2n) is 7.45. The summed E-state index contributed by atoms with van der Waals surface area (Å²) < 4.78 is 11.6. The molecule has 0 spiro atoms. The molecule has 2 aromatic carbocycles. The first kappa shape index (κ1) is 17.7. The Balaban J connectivity index is 1.79. The van der Waals surface area contributed by atoms with Crippen molar-refractivity contribution in [2.24, 2.45) is 0 Å². The van der Waals surface area contributed by atoms with Gasteiger partial charge in [-0.1, -0.05) is 18.2 Å². The fourth-order valence-electron chi connectivity index (χ4n) is 4.74. The highest BCUT2D eigenvalue weighted by molar-refractivity contribution is 5.89. The maximum absolute atomic E-state index is 11.0. The van der Waals surface area contributed by atoms with E-state index in [9.17, 15) is 4.79 Å². The van der Waals surface area contributed by atoms with Gasteiger partial charge in [-0.15, -0.1) is 0 Å². The number of carboxylic acids is 1. The summed E-state index contributed by atoms with van der Waals surface area (Å²) >= 11 is 0. The van der Waals surface area contributed by atoms with Crippen molar-refractivity contribution in [1.29, 1.82) is 0 Å². The molecule has 140 valence electrons. The van der Waals surface area contributed by atoms with E-state index in [1.807, 2.05) is 12.1 Å². The Hall–Kier alpha value is -2.75. The van der Waals surface area contributed by atoms with Crippen LogP contribution in [-0.4, -0.2) is 25.3 Å². The summed E-state index contributed by atoms with van der Waals surface area (Å²) in [5.74, 6) is 2.17. The van der Waals surface area contributed by atoms with Crippen molar-refractivity contribution in [3.05, 3.63) is 58.1 Å². The molecular weight excluding hydrogens is 340 g/mol. The van der Waals surface area contributed by atoms with Gasteiger partial charge in [-0.05, 0) is 67.4 Å². The van der Waals surface area contributed by atoms with E-state index in [4.69, 9.17) is 14.6 Å². The fraction of sp³-hybridized carbons (Fsp3) is 0.348. The second-order valence-corrected chi connectivity index (χ2v) is 7.45. The molecule has 2 atom stereocenters. The Bertz CT molecular complexity index is 924. The third-order valence-corrected chi connectivity index (χ3v) is 5.96. The zero-order valence-corrected chi connectivity index (χ0v) is 15.9. The van der Waals surface area contributed by atoms with Gasteiger partial charge in [-0.2, -0.15) is 0 Å². The van der Waals surface area contributed by atoms with E-state index in [0.29, 0.717) is 11.8 Å². The van der Waals surface area contributed by atoms with Crippen LogP contribution >= 0.6 is 0 Å². The second kappa shape index (κ2) is 6.76. The van der Waals surface area contributed by atoms with Gasteiger partial charge in [0.15, 0.2) is 0 Å². The molecule has 4 rings (SSSR count). The average molecular weight is 364 g/mol. The molecule has 1 saturated carbocycles. The maximum Gasteiger partial charge on any atom is 0.335 e. The van der Waals surface area contributed by atoms with Gasteiger partial charge in [0, 0.05) is 16.7 Å². The molecule has 2 bridgehead atoms. The van der Waals surface area contributed by atoms with E-state index < -0.39 is 5.97 Å². The molecule has 1 N–H and O–H groups in total. The number of hydrogen-bond acceptors (Lipinski definition) is 3. The maximum atomic E-state index is 11.0. The van der Waals surface area contributed by atoms with Gasteiger partial charge in [0.25, 0.3) is 0 Å². The quantitative estimate of drug-likeness (QED) is 0.729. The monoisotopic (exact) mass is 364 g/mol. The highest BCUT2D eigenvalue weighted by Crippen LogP contribution is 2.60. The summed E-state index contributed by atoms with van der Waals surface area (Å²) in [5, 5.41) is 9.06. The molecule has 2 aliphatic rings. The number of benzene rings is 2. The molecule has 0 heterocycles. The number of allylic oxidation sites excluding steroid dienone is 1. The minimum atomic E-state index is -0.915. The van der Waals surface area contributed by atoms with Crippen LogP contribution in [0.4, 0.5) is 0 Å². The zero-order chi connectivity index (χ0) is 19.1. The number of ether oxygens (including phenoxy) is 2. The van der Waals surface area contributed by atoms with Crippen LogP contribution in [0.3, 0.4) is 0 Å². The van der Waals surface area contributed by atoms with Crippen molar-refractivity contribution in [2.45, 2.75) is 38.0 Å². The number of aromatic carboxylic acids is 1. The SMILES string of the molecule is COc1cc(/C(C)=C\c2ccc(C(=O)O)cc2)c(OC)c2c1C1CCC2C1. The van der Waals surface area contributed by atoms with Crippen LogP contribution in [0.15, 0.2) is 30.3 Å². The van der Waals surface area contributed by atoms with E-state index in [2.05, 4.69) is 19.1 Å². The van der Waals surface area contributed by atoms with Crippen molar-refractivity contribution < 1.29 is 19.4 Å². The number of methoxy groups -OCH3 is 2. The Morgan fingerprint density at radius 2 is 1.74 bits per heavy atom. The van der Waals surface area contributed by atoms with Gasteiger partial charge in [-0.25, -0.2) is 4.79 Å². The van der Waals surface area contributed by atoms with Gasteiger partial charge in [0.05, 0.1) is 19.8 Å². The first-order valence-corrected chi connectivity index (χ1v) is 9.34. The lowest BCUT2D eigenvalue weighted by Gasteiger charge is -2.24. The van der Waals surface area contributed by atoms with Crippen LogP contribution in [0.25, 0.3) is 11.6 Å². The smallest absolute Gasteiger partial charge is 0.335 e. The van der Waals surface area contributed by atoms with Gasteiger partial charge in [0.1, 0.15) is 11.5 Å². The first-order valence-electron chi connectivity index (χ1n) is 9.34. The average Bonchev–Trinajstić information content (AvgIpc) is 3.29. The summed E-state index contributed by atoms with van der Waals surface area (Å²) in [4.78, 5) is 11.0. The topological polar surface area (TPSA) is 55.8 Å². The number of rotatable bonds is 5. The van der Waals surface area contributed by atoms with Gasteiger partial charge >= 0.3 is 5.97 Å². The number of carboxylic acid groups (broad SMARTS) is 1. The summed E-state index contributed by atoms with van der Waals surface area (Å²) in [6, 6.07) is 9.00. The summed E-state index contributed by atoms with van der Waals surface area (Å²) in [7, 11) is 3.48. The van der Waals surface area contributed by atoms with Gasteiger partial charge in [-0.3, -0.25) is 0 Å². The molecule has 2 aromatic rings. The fourth-order valence-corrected chi connectivity index (χ4v) is 4.74.